The number of hydrogen-bond acceptors (Lipinski definition) is 3. The number of hydrogen-bond donors (Lipinski definition) is 0. The van der Waals surface area contributed by atoms with Crippen LogP contribution in [0.5, 0.6) is 0 Å². The molecule has 2 heterocycles. The first-order chi connectivity index (χ1) is 10.3. The van der Waals surface area contributed by atoms with E-state index in [1.807, 2.05) is 12.3 Å². The molecular weight excluding hydrogens is 286 g/mol. The van der Waals surface area contributed by atoms with Gasteiger partial charge in [-0.3, -0.25) is 0 Å². The third-order valence-corrected chi connectivity index (χ3v) is 3.73. The summed E-state index contributed by atoms with van der Waals surface area (Å²) < 4.78 is 7.82. The molecule has 0 saturated carbocycles. The van der Waals surface area contributed by atoms with E-state index >= 15 is 0 Å². The van der Waals surface area contributed by atoms with Gasteiger partial charge in [0.15, 0.2) is 5.65 Å². The van der Waals surface area contributed by atoms with Crippen molar-refractivity contribution in [2.24, 2.45) is 0 Å². The van der Waals surface area contributed by atoms with Crippen LogP contribution in [0.3, 0.4) is 0 Å². The average Bonchev–Trinajstić information content (AvgIpc) is 2.83. The van der Waals surface area contributed by atoms with Gasteiger partial charge in [-0.25, -0.2) is 9.97 Å². The summed E-state index contributed by atoms with van der Waals surface area (Å²) in [4.78, 5) is 9.20. The van der Waals surface area contributed by atoms with Crippen molar-refractivity contribution in [1.29, 1.82) is 0 Å². The number of pyridine rings is 1. The predicted molar refractivity (Wildman–Crippen MR) is 87.0 cm³/mol. The second kappa shape index (κ2) is 8.35. The van der Waals surface area contributed by atoms with Gasteiger partial charge in [-0.05, 0) is 31.4 Å². The van der Waals surface area contributed by atoms with Crippen LogP contribution in [0, 0.1) is 6.92 Å². The molecule has 0 atom stereocenters. The summed E-state index contributed by atoms with van der Waals surface area (Å²) in [5.74, 6) is 1.60. The number of nitrogens with zero attached hydrogens (tertiary/aromatic N) is 3. The number of aryl methyl sites for hydroxylation is 3. The van der Waals surface area contributed by atoms with Crippen LogP contribution in [0.4, 0.5) is 0 Å². The zero-order valence-electron chi connectivity index (χ0n) is 12.9. The number of aromatic nitrogens is 3. The molecule has 2 aromatic heterocycles. The molecule has 0 fully saturated rings. The Bertz CT molecular complexity index is 568. The Labute approximate surface area is 131 Å². The fraction of sp³-hybridized carbons (Fsp3) is 0.625. The molecule has 2 rings (SSSR count). The van der Waals surface area contributed by atoms with Crippen LogP contribution in [0.2, 0.25) is 0 Å². The molecule has 21 heavy (non-hydrogen) atoms. The van der Waals surface area contributed by atoms with Gasteiger partial charge in [0.2, 0.25) is 0 Å². The van der Waals surface area contributed by atoms with Crippen molar-refractivity contribution in [3.8, 4) is 0 Å². The summed E-state index contributed by atoms with van der Waals surface area (Å²) in [7, 11) is 0. The quantitative estimate of drug-likeness (QED) is 0.523. The molecule has 0 unspecified atom stereocenters. The first-order valence-corrected chi connectivity index (χ1v) is 8.25. The summed E-state index contributed by atoms with van der Waals surface area (Å²) in [5.41, 5.74) is 3.11. The maximum atomic E-state index is 5.90. The first kappa shape index (κ1) is 16.2. The minimum Gasteiger partial charge on any atom is -0.381 e. The predicted octanol–water partition coefficient (Wildman–Crippen LogP) is 3.73. The van der Waals surface area contributed by atoms with E-state index in [9.17, 15) is 0 Å². The Morgan fingerprint density at radius 3 is 2.86 bits per heavy atom. The second-order valence-corrected chi connectivity index (χ2v) is 5.62. The van der Waals surface area contributed by atoms with Crippen LogP contribution < -0.4 is 0 Å². The molecular formula is C16H24ClN3O. The summed E-state index contributed by atoms with van der Waals surface area (Å²) >= 11 is 5.90. The number of imidazole rings is 1. The Morgan fingerprint density at radius 1 is 1.29 bits per heavy atom. The summed E-state index contributed by atoms with van der Waals surface area (Å²) in [6.45, 7) is 6.76. The summed E-state index contributed by atoms with van der Waals surface area (Å²) in [6, 6.07) is 2.00. The third kappa shape index (κ3) is 4.17. The van der Waals surface area contributed by atoms with Crippen LogP contribution in [0.1, 0.15) is 37.6 Å². The number of rotatable bonds is 9. The van der Waals surface area contributed by atoms with Crippen LogP contribution >= 0.6 is 11.6 Å². The zero-order chi connectivity index (χ0) is 15.1. The van der Waals surface area contributed by atoms with E-state index < -0.39 is 0 Å². The van der Waals surface area contributed by atoms with Crippen molar-refractivity contribution >= 4 is 22.8 Å². The monoisotopic (exact) mass is 309 g/mol. The number of alkyl halides is 1. The Balaban J connectivity index is 2.06. The van der Waals surface area contributed by atoms with Crippen molar-refractivity contribution in [3.05, 3.63) is 23.7 Å². The maximum Gasteiger partial charge on any atom is 0.160 e. The molecule has 116 valence electrons. The Hall–Kier alpha value is -1.13. The molecule has 0 N–H and O–H groups in total. The lowest BCUT2D eigenvalue weighted by atomic mass is 10.3. The Morgan fingerprint density at radius 2 is 2.10 bits per heavy atom. The van der Waals surface area contributed by atoms with Gasteiger partial charge in [0.1, 0.15) is 11.3 Å². The van der Waals surface area contributed by atoms with E-state index in [0.29, 0.717) is 5.88 Å². The van der Waals surface area contributed by atoms with E-state index in [4.69, 9.17) is 21.3 Å². The van der Waals surface area contributed by atoms with E-state index in [1.165, 1.54) is 6.42 Å². The van der Waals surface area contributed by atoms with Gasteiger partial charge >= 0.3 is 0 Å². The molecule has 0 aromatic carbocycles. The normalized spacial score (nSPS) is 11.4. The third-order valence-electron chi connectivity index (χ3n) is 3.55. The van der Waals surface area contributed by atoms with Gasteiger partial charge in [-0.2, -0.15) is 0 Å². The van der Waals surface area contributed by atoms with Crippen LogP contribution in [-0.2, 0) is 17.7 Å². The van der Waals surface area contributed by atoms with Crippen LogP contribution in [0.25, 0.3) is 11.2 Å². The highest BCUT2D eigenvalue weighted by molar-refractivity contribution is 6.17. The van der Waals surface area contributed by atoms with Gasteiger partial charge in [-0.15, -0.1) is 11.6 Å². The highest BCUT2D eigenvalue weighted by atomic mass is 35.5. The number of halogens is 1. The van der Waals surface area contributed by atoms with Crippen molar-refractivity contribution < 1.29 is 4.74 Å². The number of unbranched alkanes of at least 4 members (excludes halogenated alkanes) is 1. The molecule has 0 aliphatic carbocycles. The Kier molecular flexibility index (Phi) is 6.46. The second-order valence-electron chi connectivity index (χ2n) is 5.24. The van der Waals surface area contributed by atoms with Crippen molar-refractivity contribution in [2.75, 3.05) is 19.1 Å². The van der Waals surface area contributed by atoms with Gasteiger partial charge in [-0.1, -0.05) is 13.3 Å². The molecule has 4 nitrogen and oxygen atoms in total. The lowest BCUT2D eigenvalue weighted by molar-refractivity contribution is 0.126. The van der Waals surface area contributed by atoms with Crippen LogP contribution in [0.15, 0.2) is 12.3 Å². The lowest BCUT2D eigenvalue weighted by Crippen LogP contribution is -2.08. The van der Waals surface area contributed by atoms with E-state index in [-0.39, 0.29) is 0 Å². The van der Waals surface area contributed by atoms with E-state index in [1.54, 1.807) is 0 Å². The molecule has 5 heteroatoms. The highest BCUT2D eigenvalue weighted by Crippen LogP contribution is 2.18. The van der Waals surface area contributed by atoms with Gasteiger partial charge in [0, 0.05) is 38.3 Å². The molecule has 0 amide bonds. The summed E-state index contributed by atoms with van der Waals surface area (Å²) in [6.07, 6.45) is 5.90. The van der Waals surface area contributed by atoms with Gasteiger partial charge in [0.05, 0.1) is 0 Å². The zero-order valence-corrected chi connectivity index (χ0v) is 13.7. The number of fused-ring (bicyclic) bond motifs is 1. The number of ether oxygens (including phenoxy) is 1. The lowest BCUT2D eigenvalue weighted by Gasteiger charge is -2.08. The topological polar surface area (TPSA) is 39.9 Å². The van der Waals surface area contributed by atoms with Crippen molar-refractivity contribution in [3.63, 3.8) is 0 Å². The first-order valence-electron chi connectivity index (χ1n) is 7.72. The largest absolute Gasteiger partial charge is 0.381 e. The molecule has 0 aliphatic rings. The molecule has 0 spiro atoms. The minimum absolute atomic E-state index is 0.579. The standard InChI is InChI=1S/C16H24ClN3O/c1-3-4-11-21-12-5-10-20-14(6-8-17)19-15-13(2)7-9-18-16(15)20/h7,9H,3-6,8,10-12H2,1-2H3. The average molecular weight is 310 g/mol. The molecule has 0 radical (unpaired) electrons. The van der Waals surface area contributed by atoms with Gasteiger partial charge in [0.25, 0.3) is 0 Å². The minimum atomic E-state index is 0.579. The van der Waals surface area contributed by atoms with Crippen molar-refractivity contribution in [1.82, 2.24) is 14.5 Å². The maximum absolute atomic E-state index is 5.90. The molecule has 0 aliphatic heterocycles. The highest BCUT2D eigenvalue weighted by Gasteiger charge is 2.12. The van der Waals surface area contributed by atoms with Gasteiger partial charge < -0.3 is 9.30 Å². The van der Waals surface area contributed by atoms with E-state index in [0.717, 1.165) is 61.6 Å². The SMILES string of the molecule is CCCCOCCCn1c(CCCl)nc2c(C)ccnc21. The smallest absolute Gasteiger partial charge is 0.160 e. The van der Waals surface area contributed by atoms with E-state index in [2.05, 4.69) is 23.4 Å². The molecule has 0 saturated heterocycles. The van der Waals surface area contributed by atoms with Crippen molar-refractivity contribution in [2.45, 2.75) is 46.1 Å². The molecule has 0 bridgehead atoms. The fourth-order valence-electron chi connectivity index (χ4n) is 2.37. The molecule has 2 aromatic rings. The van der Waals surface area contributed by atoms with Crippen LogP contribution in [-0.4, -0.2) is 33.6 Å². The fourth-order valence-corrected chi connectivity index (χ4v) is 2.54. The summed E-state index contributed by atoms with van der Waals surface area (Å²) in [5, 5.41) is 0.